The molecule has 6 heteroatoms. The standard InChI is InChI=1S/C12H24BrNO3S/c1-10(2)17-8-9-18(15,16)14-12-7-5-3-4-6-11(12)13/h10-12,14H,3-9H2,1-2H3. The van der Waals surface area contributed by atoms with Gasteiger partial charge in [-0.1, -0.05) is 35.2 Å². The monoisotopic (exact) mass is 341 g/mol. The van der Waals surface area contributed by atoms with Crippen molar-refractivity contribution in [2.75, 3.05) is 12.4 Å². The molecule has 1 fully saturated rings. The third-order valence-corrected chi connectivity index (χ3v) is 5.53. The van der Waals surface area contributed by atoms with Gasteiger partial charge in [0.15, 0.2) is 0 Å². The van der Waals surface area contributed by atoms with Crippen molar-refractivity contribution in [1.82, 2.24) is 4.72 Å². The van der Waals surface area contributed by atoms with E-state index in [0.717, 1.165) is 19.3 Å². The van der Waals surface area contributed by atoms with Crippen molar-refractivity contribution in [3.05, 3.63) is 0 Å². The molecule has 1 N–H and O–H groups in total. The molecule has 0 aromatic heterocycles. The Morgan fingerprint density at radius 3 is 2.61 bits per heavy atom. The molecule has 0 saturated heterocycles. The van der Waals surface area contributed by atoms with Gasteiger partial charge in [0.25, 0.3) is 0 Å². The molecule has 0 aliphatic heterocycles. The number of rotatable bonds is 6. The number of ether oxygens (including phenoxy) is 1. The Hall–Kier alpha value is 0.350. The summed E-state index contributed by atoms with van der Waals surface area (Å²) >= 11 is 3.59. The Morgan fingerprint density at radius 2 is 1.94 bits per heavy atom. The minimum atomic E-state index is -3.23. The van der Waals surface area contributed by atoms with E-state index >= 15 is 0 Å². The quantitative estimate of drug-likeness (QED) is 0.596. The first-order valence-electron chi connectivity index (χ1n) is 6.66. The van der Waals surface area contributed by atoms with Crippen LogP contribution >= 0.6 is 15.9 Å². The Labute approximate surface area is 119 Å². The van der Waals surface area contributed by atoms with E-state index in [1.807, 2.05) is 13.8 Å². The molecule has 0 amide bonds. The highest BCUT2D eigenvalue weighted by atomic mass is 79.9. The molecule has 108 valence electrons. The second-order valence-corrected chi connectivity index (χ2v) is 8.17. The van der Waals surface area contributed by atoms with E-state index in [2.05, 4.69) is 20.7 Å². The fourth-order valence-electron chi connectivity index (χ4n) is 2.08. The molecular formula is C12H24BrNO3S. The lowest BCUT2D eigenvalue weighted by molar-refractivity contribution is 0.0911. The maximum absolute atomic E-state index is 11.9. The van der Waals surface area contributed by atoms with E-state index in [-0.39, 0.29) is 29.3 Å². The molecule has 0 spiro atoms. The third kappa shape index (κ3) is 6.50. The summed E-state index contributed by atoms with van der Waals surface area (Å²) in [5.74, 6) is 0.0431. The van der Waals surface area contributed by atoms with E-state index < -0.39 is 10.0 Å². The smallest absolute Gasteiger partial charge is 0.214 e. The summed E-state index contributed by atoms with van der Waals surface area (Å²) in [6, 6.07) is 0.0246. The lowest BCUT2D eigenvalue weighted by atomic mass is 10.1. The maximum atomic E-state index is 11.9. The van der Waals surface area contributed by atoms with E-state index in [9.17, 15) is 8.42 Å². The van der Waals surface area contributed by atoms with Crippen LogP contribution in [0.25, 0.3) is 0 Å². The first kappa shape index (κ1) is 16.4. The molecule has 2 atom stereocenters. The normalized spacial score (nSPS) is 26.2. The summed E-state index contributed by atoms with van der Waals surface area (Å²) in [7, 11) is -3.23. The maximum Gasteiger partial charge on any atom is 0.214 e. The highest BCUT2D eigenvalue weighted by Gasteiger charge is 2.25. The molecule has 1 rings (SSSR count). The van der Waals surface area contributed by atoms with Crippen LogP contribution in [-0.2, 0) is 14.8 Å². The summed E-state index contributed by atoms with van der Waals surface area (Å²) < 4.78 is 31.9. The van der Waals surface area contributed by atoms with Gasteiger partial charge in [-0.05, 0) is 26.7 Å². The number of nitrogens with one attached hydrogen (secondary N) is 1. The van der Waals surface area contributed by atoms with Crippen LogP contribution in [0.5, 0.6) is 0 Å². The number of hydrogen-bond donors (Lipinski definition) is 1. The van der Waals surface area contributed by atoms with E-state index in [0.29, 0.717) is 0 Å². The molecule has 0 aromatic rings. The van der Waals surface area contributed by atoms with E-state index in [1.54, 1.807) is 0 Å². The first-order valence-corrected chi connectivity index (χ1v) is 9.23. The van der Waals surface area contributed by atoms with Crippen molar-refractivity contribution in [1.29, 1.82) is 0 Å². The number of sulfonamides is 1. The van der Waals surface area contributed by atoms with Crippen LogP contribution in [0.1, 0.15) is 46.0 Å². The summed E-state index contributed by atoms with van der Waals surface area (Å²) in [4.78, 5) is 0.251. The van der Waals surface area contributed by atoms with Crippen molar-refractivity contribution in [2.45, 2.75) is 62.9 Å². The summed E-state index contributed by atoms with van der Waals surface area (Å²) in [5, 5.41) is 0. The zero-order chi connectivity index (χ0) is 13.6. The highest BCUT2D eigenvalue weighted by Crippen LogP contribution is 2.24. The Bertz CT molecular complexity index is 332. The fourth-order valence-corrected chi connectivity index (χ4v) is 4.15. The van der Waals surface area contributed by atoms with Crippen LogP contribution in [0.15, 0.2) is 0 Å². The van der Waals surface area contributed by atoms with Crippen LogP contribution in [0, 0.1) is 0 Å². The predicted molar refractivity (Wildman–Crippen MR) is 77.6 cm³/mol. The fraction of sp³-hybridized carbons (Fsp3) is 1.00. The molecule has 4 nitrogen and oxygen atoms in total. The van der Waals surface area contributed by atoms with Gasteiger partial charge in [0.05, 0.1) is 18.5 Å². The van der Waals surface area contributed by atoms with Gasteiger partial charge < -0.3 is 4.74 Å². The van der Waals surface area contributed by atoms with Crippen LogP contribution in [-0.4, -0.2) is 37.8 Å². The van der Waals surface area contributed by atoms with Gasteiger partial charge in [-0.3, -0.25) is 0 Å². The van der Waals surface area contributed by atoms with Crippen molar-refractivity contribution in [3.63, 3.8) is 0 Å². The Kier molecular flexibility index (Phi) is 7.13. The highest BCUT2D eigenvalue weighted by molar-refractivity contribution is 9.09. The largest absolute Gasteiger partial charge is 0.378 e. The summed E-state index contributed by atoms with van der Waals surface area (Å²) in [5.41, 5.74) is 0. The molecule has 0 bridgehead atoms. The van der Waals surface area contributed by atoms with Crippen molar-refractivity contribution >= 4 is 26.0 Å². The topological polar surface area (TPSA) is 55.4 Å². The summed E-state index contributed by atoms with van der Waals surface area (Å²) in [6.07, 6.45) is 5.48. The van der Waals surface area contributed by atoms with Gasteiger partial charge in [-0.15, -0.1) is 0 Å². The number of hydrogen-bond acceptors (Lipinski definition) is 3. The Morgan fingerprint density at radius 1 is 1.28 bits per heavy atom. The molecule has 1 aliphatic carbocycles. The summed E-state index contributed by atoms with van der Waals surface area (Å²) in [6.45, 7) is 4.06. The molecule has 0 heterocycles. The van der Waals surface area contributed by atoms with Crippen molar-refractivity contribution < 1.29 is 13.2 Å². The molecule has 18 heavy (non-hydrogen) atoms. The second-order valence-electron chi connectivity index (χ2n) is 5.12. The van der Waals surface area contributed by atoms with E-state index in [4.69, 9.17) is 4.74 Å². The molecule has 1 saturated carbocycles. The van der Waals surface area contributed by atoms with Gasteiger partial charge in [-0.25, -0.2) is 13.1 Å². The Balaban J connectivity index is 2.42. The van der Waals surface area contributed by atoms with Gasteiger partial charge in [0, 0.05) is 10.9 Å². The average molecular weight is 342 g/mol. The van der Waals surface area contributed by atoms with Crippen LogP contribution in [0.3, 0.4) is 0 Å². The van der Waals surface area contributed by atoms with Crippen molar-refractivity contribution in [2.24, 2.45) is 0 Å². The first-order chi connectivity index (χ1) is 8.41. The zero-order valence-corrected chi connectivity index (χ0v) is 13.6. The molecule has 0 aromatic carbocycles. The number of halogens is 1. The lowest BCUT2D eigenvalue weighted by Crippen LogP contribution is -2.42. The third-order valence-electron chi connectivity index (χ3n) is 3.07. The van der Waals surface area contributed by atoms with Gasteiger partial charge >= 0.3 is 0 Å². The minimum absolute atomic E-state index is 0.0246. The molecular weight excluding hydrogens is 318 g/mol. The average Bonchev–Trinajstić information content (AvgIpc) is 2.43. The van der Waals surface area contributed by atoms with Gasteiger partial charge in [0.2, 0.25) is 10.0 Å². The molecule has 1 aliphatic rings. The zero-order valence-electron chi connectivity index (χ0n) is 11.2. The molecule has 2 unspecified atom stereocenters. The van der Waals surface area contributed by atoms with Crippen LogP contribution < -0.4 is 4.72 Å². The predicted octanol–water partition coefficient (Wildman–Crippen LogP) is 2.43. The van der Waals surface area contributed by atoms with E-state index in [1.165, 1.54) is 12.8 Å². The van der Waals surface area contributed by atoms with Crippen molar-refractivity contribution in [3.8, 4) is 0 Å². The van der Waals surface area contributed by atoms with Gasteiger partial charge in [-0.2, -0.15) is 0 Å². The van der Waals surface area contributed by atoms with Crippen LogP contribution in [0.2, 0.25) is 0 Å². The minimum Gasteiger partial charge on any atom is -0.378 e. The molecule has 0 radical (unpaired) electrons. The lowest BCUT2D eigenvalue weighted by Gasteiger charge is -2.21. The number of alkyl halides is 1. The van der Waals surface area contributed by atoms with Crippen LogP contribution in [0.4, 0.5) is 0 Å². The SMILES string of the molecule is CC(C)OCCS(=O)(=O)NC1CCCCCC1Br. The second kappa shape index (κ2) is 7.82. The van der Waals surface area contributed by atoms with Gasteiger partial charge in [0.1, 0.15) is 0 Å².